The third-order valence-corrected chi connectivity index (χ3v) is 19.8. The number of aliphatic carboxylic acids is 2. The van der Waals surface area contributed by atoms with Gasteiger partial charge in [0.2, 0.25) is 0 Å². The molecule has 0 spiro atoms. The molecule has 0 aromatic carbocycles. The first kappa shape index (κ1) is 22.5. The number of unbranched alkanes of at least 4 members (excludes halogenated alkanes) is 3. The van der Waals surface area contributed by atoms with Gasteiger partial charge in [0.05, 0.1) is 0 Å². The van der Waals surface area contributed by atoms with Gasteiger partial charge in [-0.2, -0.15) is 0 Å². The van der Waals surface area contributed by atoms with Crippen molar-refractivity contribution in [3.05, 3.63) is 12.2 Å². The summed E-state index contributed by atoms with van der Waals surface area (Å²) in [5.41, 5.74) is 0. The van der Waals surface area contributed by atoms with Crippen molar-refractivity contribution < 1.29 is 19.8 Å². The van der Waals surface area contributed by atoms with E-state index in [-0.39, 0.29) is 0 Å². The zero-order chi connectivity index (χ0) is 17.7. The average Bonchev–Trinajstić information content (AvgIpc) is 2.51. The molecule has 0 aliphatic carbocycles. The van der Waals surface area contributed by atoms with Gasteiger partial charge in [-0.25, -0.2) is 0 Å². The summed E-state index contributed by atoms with van der Waals surface area (Å²) in [6.45, 7) is 6.66. The van der Waals surface area contributed by atoms with Gasteiger partial charge in [0.25, 0.3) is 0 Å². The molecule has 5 heteroatoms. The number of allylic oxidation sites excluding steroid dienone is 1. The second-order valence-electron chi connectivity index (χ2n) is 6.60. The molecule has 2 N–H and O–H groups in total. The average molecular weight is 433 g/mol. The predicted octanol–water partition coefficient (Wildman–Crippen LogP) is 5.18. The van der Waals surface area contributed by atoms with Crippen molar-refractivity contribution in [1.29, 1.82) is 0 Å². The van der Waals surface area contributed by atoms with Crippen LogP contribution in [-0.2, 0) is 9.59 Å². The molecule has 0 amide bonds. The molecule has 0 saturated heterocycles. The molecule has 23 heavy (non-hydrogen) atoms. The van der Waals surface area contributed by atoms with E-state index in [1.807, 2.05) is 6.08 Å². The van der Waals surface area contributed by atoms with Crippen molar-refractivity contribution in [2.75, 3.05) is 0 Å². The van der Waals surface area contributed by atoms with E-state index in [0.29, 0.717) is 0 Å². The van der Waals surface area contributed by atoms with Crippen LogP contribution in [0.15, 0.2) is 12.2 Å². The molecule has 0 rings (SSSR count). The van der Waals surface area contributed by atoms with Crippen molar-refractivity contribution in [3.8, 4) is 0 Å². The normalized spacial score (nSPS) is 12.2. The van der Waals surface area contributed by atoms with Crippen LogP contribution in [0, 0.1) is 5.92 Å². The summed E-state index contributed by atoms with van der Waals surface area (Å²) in [7, 11) is 0. The first-order valence-electron chi connectivity index (χ1n) is 9.04. The summed E-state index contributed by atoms with van der Waals surface area (Å²) < 4.78 is 5.03. The molecule has 0 saturated carbocycles. The molecule has 0 unspecified atom stereocenters. The molecule has 0 aromatic rings. The summed E-state index contributed by atoms with van der Waals surface area (Å²) in [4.78, 5) is 22.0. The van der Waals surface area contributed by atoms with E-state index in [1.165, 1.54) is 57.9 Å². The summed E-state index contributed by atoms with van der Waals surface area (Å²) in [5.74, 6) is -3.95. The second kappa shape index (κ2) is 12.8. The van der Waals surface area contributed by atoms with E-state index in [9.17, 15) is 9.59 Å². The number of rotatable bonds is 14. The Morgan fingerprint density at radius 3 is 1.57 bits per heavy atom. The molecule has 0 radical (unpaired) electrons. The van der Waals surface area contributed by atoms with Gasteiger partial charge in [-0.05, 0) is 0 Å². The van der Waals surface area contributed by atoms with E-state index >= 15 is 0 Å². The quantitative estimate of drug-likeness (QED) is 0.225. The molecule has 0 fully saturated rings. The van der Waals surface area contributed by atoms with Crippen LogP contribution in [0.4, 0.5) is 0 Å². The first-order valence-corrected chi connectivity index (χ1v) is 17.1. The van der Waals surface area contributed by atoms with Crippen molar-refractivity contribution in [2.45, 2.75) is 77.0 Å². The van der Waals surface area contributed by atoms with Crippen LogP contribution < -0.4 is 0 Å². The van der Waals surface area contributed by atoms with Gasteiger partial charge < -0.3 is 0 Å². The molecule has 0 aliphatic rings. The predicted molar refractivity (Wildman–Crippen MR) is 97.6 cm³/mol. The fourth-order valence-electron chi connectivity index (χ4n) is 3.06. The SMILES string of the molecule is CCC[CH2][Sn]([CH2]/C=C/C(C(=O)O)C(=O)O)([CH2]CCC)[CH2]CCC. The fraction of sp³-hybridized carbons (Fsp3) is 0.778. The topological polar surface area (TPSA) is 74.6 Å². The summed E-state index contributed by atoms with van der Waals surface area (Å²) >= 11 is -2.32. The minimum absolute atomic E-state index is 0.992. The maximum absolute atomic E-state index is 11.0. The number of carbonyl (C=O) groups is 2. The molecule has 0 aromatic heterocycles. The number of carboxylic acids is 2. The van der Waals surface area contributed by atoms with Gasteiger partial charge in [0.15, 0.2) is 0 Å². The Hall–Kier alpha value is -0.521. The Morgan fingerprint density at radius 2 is 1.26 bits per heavy atom. The van der Waals surface area contributed by atoms with Crippen molar-refractivity contribution in [3.63, 3.8) is 0 Å². The molecule has 134 valence electrons. The minimum atomic E-state index is -2.32. The third kappa shape index (κ3) is 9.38. The Labute approximate surface area is 145 Å². The van der Waals surface area contributed by atoms with Crippen molar-refractivity contribution in [2.24, 2.45) is 5.92 Å². The summed E-state index contributed by atoms with van der Waals surface area (Å²) in [5, 5.41) is 18.0. The number of hydrogen-bond acceptors (Lipinski definition) is 2. The van der Waals surface area contributed by atoms with Crippen LogP contribution in [0.1, 0.15) is 59.3 Å². The van der Waals surface area contributed by atoms with Crippen LogP contribution in [0.25, 0.3) is 0 Å². The Kier molecular flexibility index (Phi) is 12.6. The second-order valence-corrected chi connectivity index (χ2v) is 20.6. The van der Waals surface area contributed by atoms with Gasteiger partial charge in [-0.3, -0.25) is 0 Å². The molecule has 0 aliphatic heterocycles. The van der Waals surface area contributed by atoms with Crippen LogP contribution >= 0.6 is 0 Å². The van der Waals surface area contributed by atoms with Gasteiger partial charge in [-0.1, -0.05) is 0 Å². The van der Waals surface area contributed by atoms with E-state index in [1.54, 1.807) is 0 Å². The third-order valence-electron chi connectivity index (χ3n) is 4.59. The van der Waals surface area contributed by atoms with Crippen LogP contribution in [0.5, 0.6) is 0 Å². The molecule has 4 nitrogen and oxygen atoms in total. The van der Waals surface area contributed by atoms with Gasteiger partial charge in [0, 0.05) is 0 Å². The molecular weight excluding hydrogens is 399 g/mol. The zero-order valence-corrected chi connectivity index (χ0v) is 17.9. The van der Waals surface area contributed by atoms with Gasteiger partial charge in [-0.15, -0.1) is 0 Å². The van der Waals surface area contributed by atoms with Crippen LogP contribution in [0.2, 0.25) is 17.7 Å². The zero-order valence-electron chi connectivity index (χ0n) is 15.0. The van der Waals surface area contributed by atoms with E-state index in [2.05, 4.69) is 20.8 Å². The molecule has 0 atom stereocenters. The monoisotopic (exact) mass is 434 g/mol. The molecule has 0 heterocycles. The Morgan fingerprint density at radius 1 is 0.870 bits per heavy atom. The van der Waals surface area contributed by atoms with Crippen molar-refractivity contribution >= 4 is 30.3 Å². The van der Waals surface area contributed by atoms with Gasteiger partial charge in [0.1, 0.15) is 0 Å². The van der Waals surface area contributed by atoms with Crippen LogP contribution in [0.3, 0.4) is 0 Å². The van der Waals surface area contributed by atoms with E-state index < -0.39 is 36.2 Å². The molecular formula is C18H34O4Sn. The fourth-order valence-corrected chi connectivity index (χ4v) is 18.2. The van der Waals surface area contributed by atoms with E-state index in [0.717, 1.165) is 4.44 Å². The first-order chi connectivity index (χ1) is 10.9. The number of carboxylic acid groups (broad SMARTS) is 2. The molecule has 0 bridgehead atoms. The number of hydrogen-bond donors (Lipinski definition) is 2. The Balaban J connectivity index is 5.06. The summed E-state index contributed by atoms with van der Waals surface area (Å²) in [6, 6.07) is 0. The van der Waals surface area contributed by atoms with Crippen molar-refractivity contribution in [1.82, 2.24) is 0 Å². The maximum atomic E-state index is 11.0. The van der Waals surface area contributed by atoms with E-state index in [4.69, 9.17) is 10.2 Å². The Bertz CT molecular complexity index is 343. The van der Waals surface area contributed by atoms with Gasteiger partial charge >= 0.3 is 145 Å². The standard InChI is InChI=1S/C6H7O4.3C4H9.Sn/c1-2-3-4(5(7)8)6(9)10;3*1-3-4-2;/h2-4H,1H2,(H,7,8)(H,9,10);3*1,3-4H2,2H3;/b3-2+;;;;. The van der Waals surface area contributed by atoms with Crippen LogP contribution in [-0.4, -0.2) is 40.5 Å². The summed E-state index contributed by atoms with van der Waals surface area (Å²) in [6.07, 6.45) is 10.7.